The van der Waals surface area contributed by atoms with E-state index < -0.39 is 10.0 Å². The van der Waals surface area contributed by atoms with E-state index in [1.807, 2.05) is 39.0 Å². The molecule has 0 aromatic heterocycles. The molecule has 1 heterocycles. The molecule has 0 bridgehead atoms. The van der Waals surface area contributed by atoms with Gasteiger partial charge in [-0.3, -0.25) is 4.79 Å². The van der Waals surface area contributed by atoms with Gasteiger partial charge < -0.3 is 10.2 Å². The SMILES string of the molecule is Cc1ccc2c(c1)N(CC(=O)Nc1ccc(C)c(C)c1)C=NS2(=O)=O. The van der Waals surface area contributed by atoms with Crippen LogP contribution in [0.4, 0.5) is 11.4 Å². The second kappa shape index (κ2) is 6.33. The van der Waals surface area contributed by atoms with Gasteiger partial charge in [0, 0.05) is 5.69 Å². The van der Waals surface area contributed by atoms with Gasteiger partial charge in [-0.1, -0.05) is 12.1 Å². The number of aryl methyl sites for hydroxylation is 3. The topological polar surface area (TPSA) is 78.8 Å². The Morgan fingerprint density at radius 3 is 2.56 bits per heavy atom. The highest BCUT2D eigenvalue weighted by atomic mass is 32.2. The van der Waals surface area contributed by atoms with E-state index in [1.54, 1.807) is 17.0 Å². The molecule has 3 rings (SSSR count). The van der Waals surface area contributed by atoms with Crippen molar-refractivity contribution in [2.75, 3.05) is 16.8 Å². The number of carbonyl (C=O) groups excluding carboxylic acids is 1. The highest BCUT2D eigenvalue weighted by molar-refractivity contribution is 7.90. The maximum Gasteiger partial charge on any atom is 0.285 e. The lowest BCUT2D eigenvalue weighted by atomic mass is 10.1. The number of sulfonamides is 1. The Morgan fingerprint density at radius 1 is 1.08 bits per heavy atom. The van der Waals surface area contributed by atoms with Gasteiger partial charge in [-0.05, 0) is 61.7 Å². The van der Waals surface area contributed by atoms with Crippen LogP contribution >= 0.6 is 0 Å². The summed E-state index contributed by atoms with van der Waals surface area (Å²) in [5.74, 6) is -0.249. The standard InChI is InChI=1S/C18H19N3O3S/c1-12-4-7-17-16(8-12)21(11-19-25(17,23)24)10-18(22)20-15-6-5-13(2)14(3)9-15/h4-9,11H,10H2,1-3H3,(H,20,22). The van der Waals surface area contributed by atoms with Crippen LogP contribution in [0.25, 0.3) is 0 Å². The van der Waals surface area contributed by atoms with Crippen molar-refractivity contribution in [2.45, 2.75) is 25.7 Å². The zero-order valence-corrected chi connectivity index (χ0v) is 15.1. The first-order valence-electron chi connectivity index (χ1n) is 7.81. The number of amides is 1. The van der Waals surface area contributed by atoms with Crippen LogP contribution in [0.3, 0.4) is 0 Å². The summed E-state index contributed by atoms with van der Waals surface area (Å²) in [6, 6.07) is 10.7. The molecular formula is C18H19N3O3S. The molecule has 0 atom stereocenters. The van der Waals surface area contributed by atoms with Crippen molar-refractivity contribution in [1.82, 2.24) is 0 Å². The molecule has 130 valence electrons. The number of carbonyl (C=O) groups is 1. The normalized spacial score (nSPS) is 14.9. The van der Waals surface area contributed by atoms with E-state index in [9.17, 15) is 13.2 Å². The first kappa shape index (κ1) is 17.2. The number of anilines is 2. The fraction of sp³-hybridized carbons (Fsp3) is 0.222. The zero-order chi connectivity index (χ0) is 18.2. The van der Waals surface area contributed by atoms with Crippen LogP contribution in [0.2, 0.25) is 0 Å². The number of benzene rings is 2. The lowest BCUT2D eigenvalue weighted by Crippen LogP contribution is -2.35. The average molecular weight is 357 g/mol. The number of nitrogens with zero attached hydrogens (tertiary/aromatic N) is 2. The molecule has 6 nitrogen and oxygen atoms in total. The lowest BCUT2D eigenvalue weighted by molar-refractivity contribution is -0.114. The smallest absolute Gasteiger partial charge is 0.285 e. The van der Waals surface area contributed by atoms with Crippen LogP contribution in [0.5, 0.6) is 0 Å². The lowest BCUT2D eigenvalue weighted by Gasteiger charge is -2.25. The maximum atomic E-state index is 12.4. The van der Waals surface area contributed by atoms with E-state index >= 15 is 0 Å². The molecule has 0 spiro atoms. The summed E-state index contributed by atoms with van der Waals surface area (Å²) < 4.78 is 27.7. The molecule has 1 aliphatic rings. The summed E-state index contributed by atoms with van der Waals surface area (Å²) in [4.78, 5) is 14.0. The van der Waals surface area contributed by atoms with E-state index in [2.05, 4.69) is 9.71 Å². The predicted molar refractivity (Wildman–Crippen MR) is 98.7 cm³/mol. The summed E-state index contributed by atoms with van der Waals surface area (Å²) in [7, 11) is -3.70. The minimum Gasteiger partial charge on any atom is -0.325 e. The number of hydrogen-bond acceptors (Lipinski definition) is 4. The van der Waals surface area contributed by atoms with Crippen LogP contribution < -0.4 is 10.2 Å². The summed E-state index contributed by atoms with van der Waals surface area (Å²) in [5, 5.41) is 2.83. The Bertz CT molecular complexity index is 981. The summed E-state index contributed by atoms with van der Waals surface area (Å²) in [5.41, 5.74) is 4.31. The summed E-state index contributed by atoms with van der Waals surface area (Å²) >= 11 is 0. The molecule has 7 heteroatoms. The van der Waals surface area contributed by atoms with Crippen molar-refractivity contribution in [3.05, 3.63) is 53.1 Å². The van der Waals surface area contributed by atoms with E-state index in [-0.39, 0.29) is 17.3 Å². The molecular weight excluding hydrogens is 338 g/mol. The largest absolute Gasteiger partial charge is 0.325 e. The van der Waals surface area contributed by atoms with Crippen LogP contribution in [0.15, 0.2) is 45.7 Å². The Labute approximate surface area is 147 Å². The minimum absolute atomic E-state index is 0.0254. The molecule has 1 amide bonds. The van der Waals surface area contributed by atoms with Gasteiger partial charge in [-0.25, -0.2) is 0 Å². The number of nitrogens with one attached hydrogen (secondary N) is 1. The van der Waals surface area contributed by atoms with Gasteiger partial charge in [0.1, 0.15) is 17.8 Å². The van der Waals surface area contributed by atoms with Gasteiger partial charge in [0.25, 0.3) is 10.0 Å². The second-order valence-electron chi connectivity index (χ2n) is 6.14. The second-order valence-corrected chi connectivity index (χ2v) is 7.74. The molecule has 0 saturated carbocycles. The minimum atomic E-state index is -3.70. The summed E-state index contributed by atoms with van der Waals surface area (Å²) in [6.07, 6.45) is 1.19. The van der Waals surface area contributed by atoms with Crippen LogP contribution in [-0.2, 0) is 14.8 Å². The van der Waals surface area contributed by atoms with Gasteiger partial charge in [-0.2, -0.15) is 8.42 Å². The molecule has 2 aromatic rings. The molecule has 0 saturated heterocycles. The average Bonchev–Trinajstić information content (AvgIpc) is 2.53. The van der Waals surface area contributed by atoms with E-state index in [1.165, 1.54) is 12.4 Å². The monoisotopic (exact) mass is 357 g/mol. The Balaban J connectivity index is 1.82. The number of fused-ring (bicyclic) bond motifs is 1. The molecule has 0 fully saturated rings. The third-order valence-electron chi connectivity index (χ3n) is 4.13. The zero-order valence-electron chi connectivity index (χ0n) is 14.3. The molecule has 25 heavy (non-hydrogen) atoms. The van der Waals surface area contributed by atoms with Crippen LogP contribution in [0.1, 0.15) is 16.7 Å². The molecule has 0 aliphatic carbocycles. The maximum absolute atomic E-state index is 12.4. The van der Waals surface area contributed by atoms with Gasteiger partial charge in [0.15, 0.2) is 0 Å². The van der Waals surface area contributed by atoms with Crippen molar-refractivity contribution < 1.29 is 13.2 Å². The van der Waals surface area contributed by atoms with Crippen molar-refractivity contribution in [2.24, 2.45) is 4.40 Å². The number of rotatable bonds is 3. The van der Waals surface area contributed by atoms with Gasteiger partial charge in [0.05, 0.1) is 5.69 Å². The van der Waals surface area contributed by atoms with Gasteiger partial charge in [-0.15, -0.1) is 4.40 Å². The first-order chi connectivity index (χ1) is 11.8. The van der Waals surface area contributed by atoms with Crippen molar-refractivity contribution in [3.63, 3.8) is 0 Å². The molecule has 1 N–H and O–H groups in total. The fourth-order valence-corrected chi connectivity index (χ4v) is 3.64. The molecule has 2 aromatic carbocycles. The van der Waals surface area contributed by atoms with E-state index in [4.69, 9.17) is 0 Å². The van der Waals surface area contributed by atoms with Crippen LogP contribution in [0, 0.1) is 20.8 Å². The highest BCUT2D eigenvalue weighted by Crippen LogP contribution is 2.30. The van der Waals surface area contributed by atoms with E-state index in [0.29, 0.717) is 11.4 Å². The number of hydrogen-bond donors (Lipinski definition) is 1. The molecule has 0 unspecified atom stereocenters. The van der Waals surface area contributed by atoms with Gasteiger partial charge >= 0.3 is 0 Å². The Hall–Kier alpha value is -2.67. The van der Waals surface area contributed by atoms with Crippen molar-refractivity contribution in [1.29, 1.82) is 0 Å². The van der Waals surface area contributed by atoms with E-state index in [0.717, 1.165) is 16.7 Å². The van der Waals surface area contributed by atoms with Crippen molar-refractivity contribution >= 4 is 33.6 Å². The quantitative estimate of drug-likeness (QED) is 0.916. The summed E-state index contributed by atoms with van der Waals surface area (Å²) in [6.45, 7) is 5.82. The molecule has 1 aliphatic heterocycles. The van der Waals surface area contributed by atoms with Gasteiger partial charge in [0.2, 0.25) is 5.91 Å². The van der Waals surface area contributed by atoms with Crippen LogP contribution in [-0.4, -0.2) is 27.2 Å². The molecule has 0 radical (unpaired) electrons. The predicted octanol–water partition coefficient (Wildman–Crippen LogP) is 2.79. The fourth-order valence-electron chi connectivity index (χ4n) is 2.61. The highest BCUT2D eigenvalue weighted by Gasteiger charge is 2.26. The van der Waals surface area contributed by atoms with Crippen molar-refractivity contribution in [3.8, 4) is 0 Å². The third kappa shape index (κ3) is 3.56. The Kier molecular flexibility index (Phi) is 4.34. The third-order valence-corrected chi connectivity index (χ3v) is 5.40. The first-order valence-corrected chi connectivity index (χ1v) is 9.25. The Morgan fingerprint density at radius 2 is 1.84 bits per heavy atom.